The summed E-state index contributed by atoms with van der Waals surface area (Å²) < 4.78 is 0. The van der Waals surface area contributed by atoms with E-state index in [9.17, 15) is 9.59 Å². The molecule has 0 aliphatic carbocycles. The number of carboxylic acid groups (broad SMARTS) is 1. The summed E-state index contributed by atoms with van der Waals surface area (Å²) >= 11 is 0. The second kappa shape index (κ2) is 7.99. The molecule has 0 aromatic heterocycles. The number of aryl methyl sites for hydroxylation is 1. The smallest absolute Gasteiger partial charge is 0.319 e. The van der Waals surface area contributed by atoms with Crippen LogP contribution in [0.3, 0.4) is 0 Å². The van der Waals surface area contributed by atoms with E-state index >= 15 is 0 Å². The van der Waals surface area contributed by atoms with Gasteiger partial charge in [0.1, 0.15) is 0 Å². The van der Waals surface area contributed by atoms with E-state index in [1.807, 2.05) is 26.0 Å². The maximum Gasteiger partial charge on any atom is 0.319 e. The Morgan fingerprint density at radius 2 is 2.05 bits per heavy atom. The van der Waals surface area contributed by atoms with Crippen LogP contribution in [0.25, 0.3) is 0 Å². The van der Waals surface area contributed by atoms with Crippen molar-refractivity contribution in [2.45, 2.75) is 26.7 Å². The molecule has 2 amide bonds. The Morgan fingerprint density at radius 1 is 1.30 bits per heavy atom. The van der Waals surface area contributed by atoms with Crippen LogP contribution in [0, 0.1) is 0 Å². The molecule has 0 bridgehead atoms. The van der Waals surface area contributed by atoms with Gasteiger partial charge < -0.3 is 15.7 Å². The molecule has 0 saturated carbocycles. The molecule has 0 spiro atoms. The zero-order chi connectivity index (χ0) is 15.0. The molecule has 0 fully saturated rings. The van der Waals surface area contributed by atoms with Crippen LogP contribution in [-0.4, -0.2) is 23.7 Å². The van der Waals surface area contributed by atoms with E-state index in [1.165, 1.54) is 0 Å². The Bertz CT molecular complexity index is 506. The van der Waals surface area contributed by atoms with Crippen molar-refractivity contribution in [2.24, 2.45) is 0 Å². The number of aliphatic carboxylic acids is 1. The topological polar surface area (TPSA) is 78.4 Å². The first-order chi connectivity index (χ1) is 9.47. The lowest BCUT2D eigenvalue weighted by Gasteiger charge is -2.07. The quantitative estimate of drug-likeness (QED) is 0.699. The molecule has 5 heteroatoms. The number of benzene rings is 1. The fraction of sp³-hybridized carbons (Fsp3) is 0.333. The van der Waals surface area contributed by atoms with Crippen LogP contribution >= 0.6 is 0 Å². The highest BCUT2D eigenvalue weighted by atomic mass is 16.4. The molecule has 20 heavy (non-hydrogen) atoms. The van der Waals surface area contributed by atoms with Gasteiger partial charge in [-0.3, -0.25) is 4.79 Å². The van der Waals surface area contributed by atoms with Gasteiger partial charge in [0.05, 0.1) is 0 Å². The predicted octanol–water partition coefficient (Wildman–Crippen LogP) is 2.79. The second-order valence-electron chi connectivity index (χ2n) is 4.71. The van der Waals surface area contributed by atoms with Crippen molar-refractivity contribution in [1.82, 2.24) is 5.32 Å². The number of carbonyl (C=O) groups excluding carboxylic acids is 1. The number of carboxylic acids is 1. The van der Waals surface area contributed by atoms with Gasteiger partial charge in [-0.05, 0) is 38.0 Å². The lowest BCUT2D eigenvalue weighted by molar-refractivity contribution is -0.136. The molecule has 3 N–H and O–H groups in total. The van der Waals surface area contributed by atoms with Gasteiger partial charge in [-0.25, -0.2) is 4.79 Å². The molecule has 1 rings (SSSR count). The summed E-state index contributed by atoms with van der Waals surface area (Å²) in [6.07, 6.45) is 2.45. The van der Waals surface area contributed by atoms with E-state index in [4.69, 9.17) is 5.11 Å². The largest absolute Gasteiger partial charge is 0.481 e. The number of urea groups is 1. The third kappa shape index (κ3) is 6.58. The molecule has 0 unspecified atom stereocenters. The summed E-state index contributed by atoms with van der Waals surface area (Å²) in [5.41, 5.74) is 2.68. The van der Waals surface area contributed by atoms with Crippen LogP contribution in [0.15, 0.2) is 35.9 Å². The fourth-order valence-corrected chi connectivity index (χ4v) is 1.58. The average molecular weight is 276 g/mol. The molecule has 0 atom stereocenters. The fourth-order valence-electron chi connectivity index (χ4n) is 1.58. The third-order valence-corrected chi connectivity index (χ3v) is 2.59. The maximum absolute atomic E-state index is 11.6. The lowest BCUT2D eigenvalue weighted by Crippen LogP contribution is -2.28. The SMILES string of the molecule is CC(C)=CCNC(=O)Nc1cccc(CCC(=O)O)c1. The zero-order valence-electron chi connectivity index (χ0n) is 11.8. The Kier molecular flexibility index (Phi) is 6.29. The van der Waals surface area contributed by atoms with Crippen molar-refractivity contribution in [3.63, 3.8) is 0 Å². The van der Waals surface area contributed by atoms with Gasteiger partial charge in [-0.2, -0.15) is 0 Å². The van der Waals surface area contributed by atoms with Crippen LogP contribution < -0.4 is 10.6 Å². The Labute approximate surface area is 118 Å². The standard InChI is InChI=1S/C15H20N2O3/c1-11(2)8-9-16-15(20)17-13-5-3-4-12(10-13)6-7-14(18)19/h3-5,8,10H,6-7,9H2,1-2H3,(H,18,19)(H2,16,17,20). The molecule has 0 heterocycles. The summed E-state index contributed by atoms with van der Waals surface area (Å²) in [6, 6.07) is 6.91. The number of carbonyl (C=O) groups is 2. The monoisotopic (exact) mass is 276 g/mol. The molecule has 1 aromatic carbocycles. The molecule has 1 aromatic rings. The summed E-state index contributed by atoms with van der Waals surface area (Å²) in [5.74, 6) is -0.831. The number of hydrogen-bond donors (Lipinski definition) is 3. The Hall–Kier alpha value is -2.30. The van der Waals surface area contributed by atoms with Crippen LogP contribution in [-0.2, 0) is 11.2 Å². The van der Waals surface area contributed by atoms with Crippen LogP contribution in [0.5, 0.6) is 0 Å². The van der Waals surface area contributed by atoms with Crippen molar-refractivity contribution in [3.05, 3.63) is 41.5 Å². The summed E-state index contributed by atoms with van der Waals surface area (Å²) in [4.78, 5) is 22.1. The lowest BCUT2D eigenvalue weighted by atomic mass is 10.1. The number of anilines is 1. The zero-order valence-corrected chi connectivity index (χ0v) is 11.8. The molecular formula is C15H20N2O3. The minimum absolute atomic E-state index is 0.0796. The molecule has 108 valence electrons. The number of amides is 2. The van der Waals surface area contributed by atoms with E-state index in [-0.39, 0.29) is 12.5 Å². The first-order valence-corrected chi connectivity index (χ1v) is 6.46. The van der Waals surface area contributed by atoms with Gasteiger partial charge in [0.2, 0.25) is 0 Å². The van der Waals surface area contributed by atoms with Crippen molar-refractivity contribution in [2.75, 3.05) is 11.9 Å². The van der Waals surface area contributed by atoms with Gasteiger partial charge in [0.15, 0.2) is 0 Å². The van der Waals surface area contributed by atoms with E-state index < -0.39 is 5.97 Å². The van der Waals surface area contributed by atoms with Gasteiger partial charge in [-0.15, -0.1) is 0 Å². The Balaban J connectivity index is 2.50. The van der Waals surface area contributed by atoms with Crippen LogP contribution in [0.4, 0.5) is 10.5 Å². The second-order valence-corrected chi connectivity index (χ2v) is 4.71. The summed E-state index contributed by atoms with van der Waals surface area (Å²) in [5, 5.41) is 14.1. The molecule has 0 aliphatic heterocycles. The van der Waals surface area contributed by atoms with Crippen molar-refractivity contribution < 1.29 is 14.7 Å². The first-order valence-electron chi connectivity index (χ1n) is 6.46. The highest BCUT2D eigenvalue weighted by molar-refractivity contribution is 5.89. The minimum atomic E-state index is -0.831. The van der Waals surface area contributed by atoms with Crippen LogP contribution in [0.2, 0.25) is 0 Å². The number of allylic oxidation sites excluding steroid dienone is 1. The average Bonchev–Trinajstić information content (AvgIpc) is 2.36. The van der Waals surface area contributed by atoms with E-state index in [1.54, 1.807) is 18.2 Å². The molecule has 0 aliphatic rings. The van der Waals surface area contributed by atoms with Crippen molar-refractivity contribution in [3.8, 4) is 0 Å². The predicted molar refractivity (Wildman–Crippen MR) is 78.9 cm³/mol. The van der Waals surface area contributed by atoms with Gasteiger partial charge in [-0.1, -0.05) is 23.8 Å². The van der Waals surface area contributed by atoms with E-state index in [0.717, 1.165) is 11.1 Å². The Morgan fingerprint density at radius 3 is 2.70 bits per heavy atom. The highest BCUT2D eigenvalue weighted by Gasteiger charge is 2.03. The number of hydrogen-bond acceptors (Lipinski definition) is 2. The summed E-state index contributed by atoms with van der Waals surface area (Å²) in [7, 11) is 0. The van der Waals surface area contributed by atoms with Crippen LogP contribution in [0.1, 0.15) is 25.8 Å². The first kappa shape index (κ1) is 15.8. The van der Waals surface area contributed by atoms with Gasteiger partial charge in [0, 0.05) is 18.7 Å². The number of nitrogens with one attached hydrogen (secondary N) is 2. The van der Waals surface area contributed by atoms with E-state index in [0.29, 0.717) is 18.7 Å². The van der Waals surface area contributed by atoms with E-state index in [2.05, 4.69) is 10.6 Å². The van der Waals surface area contributed by atoms with Crippen molar-refractivity contribution >= 4 is 17.7 Å². The summed E-state index contributed by atoms with van der Waals surface area (Å²) in [6.45, 7) is 4.41. The van der Waals surface area contributed by atoms with Crippen molar-refractivity contribution in [1.29, 1.82) is 0 Å². The highest BCUT2D eigenvalue weighted by Crippen LogP contribution is 2.12. The third-order valence-electron chi connectivity index (χ3n) is 2.59. The molecule has 0 radical (unpaired) electrons. The molecular weight excluding hydrogens is 256 g/mol. The molecule has 0 saturated heterocycles. The normalized spacial score (nSPS) is 9.70. The molecule has 5 nitrogen and oxygen atoms in total. The minimum Gasteiger partial charge on any atom is -0.481 e. The van der Waals surface area contributed by atoms with Gasteiger partial charge >= 0.3 is 12.0 Å². The van der Waals surface area contributed by atoms with Gasteiger partial charge in [0.25, 0.3) is 0 Å². The maximum atomic E-state index is 11.6. The number of rotatable bonds is 6.